The zero-order chi connectivity index (χ0) is 19.9. The highest BCUT2D eigenvalue weighted by Crippen LogP contribution is 2.16. The number of carbonyl (C=O) groups is 2. The van der Waals surface area contributed by atoms with Crippen molar-refractivity contribution in [1.82, 2.24) is 15.5 Å². The average Bonchev–Trinajstić information content (AvgIpc) is 3.22. The van der Waals surface area contributed by atoms with Crippen molar-refractivity contribution in [1.29, 1.82) is 0 Å². The Morgan fingerprint density at radius 2 is 1.86 bits per heavy atom. The monoisotopic (exact) mass is 396 g/mol. The molecule has 0 aliphatic carbocycles. The van der Waals surface area contributed by atoms with Gasteiger partial charge in [0.05, 0.1) is 7.11 Å². The Kier molecular flexibility index (Phi) is 6.33. The molecule has 0 saturated heterocycles. The van der Waals surface area contributed by atoms with E-state index in [1.54, 1.807) is 31.4 Å². The van der Waals surface area contributed by atoms with Crippen LogP contribution >= 0.6 is 11.3 Å². The molecule has 0 radical (unpaired) electrons. The molecule has 1 heterocycles. The topological polar surface area (TPSA) is 93.2 Å². The fraction of sp³-hybridized carbons (Fsp3) is 0.200. The number of ether oxygens (including phenoxy) is 1. The molecule has 0 saturated carbocycles. The second-order valence-corrected chi connectivity index (χ2v) is 6.98. The maximum Gasteiger partial charge on any atom is 0.286 e. The lowest BCUT2D eigenvalue weighted by Crippen LogP contribution is -2.23. The van der Waals surface area contributed by atoms with E-state index >= 15 is 0 Å². The first-order chi connectivity index (χ1) is 13.6. The molecule has 0 unspecified atom stereocenters. The van der Waals surface area contributed by atoms with Crippen molar-refractivity contribution in [3.8, 4) is 5.75 Å². The number of aromatic nitrogens is 2. The number of hydrogen-bond donors (Lipinski definition) is 2. The van der Waals surface area contributed by atoms with Crippen LogP contribution in [0.2, 0.25) is 0 Å². The van der Waals surface area contributed by atoms with Crippen molar-refractivity contribution < 1.29 is 14.3 Å². The molecule has 0 bridgehead atoms. The Hall–Kier alpha value is -3.26. The number of aryl methyl sites for hydroxylation is 1. The molecule has 0 spiro atoms. The highest BCUT2D eigenvalue weighted by atomic mass is 32.1. The lowest BCUT2D eigenvalue weighted by atomic mass is 10.1. The van der Waals surface area contributed by atoms with Gasteiger partial charge in [-0.1, -0.05) is 36.5 Å². The second-order valence-electron chi connectivity index (χ2n) is 5.92. The van der Waals surface area contributed by atoms with E-state index in [1.807, 2.05) is 31.2 Å². The lowest BCUT2D eigenvalue weighted by molar-refractivity contribution is 0.0949. The van der Waals surface area contributed by atoms with E-state index in [0.29, 0.717) is 22.8 Å². The van der Waals surface area contributed by atoms with Crippen molar-refractivity contribution in [2.24, 2.45) is 0 Å². The Labute approximate surface area is 166 Å². The van der Waals surface area contributed by atoms with Gasteiger partial charge in [0.25, 0.3) is 11.8 Å². The van der Waals surface area contributed by atoms with Crippen LogP contribution < -0.4 is 15.4 Å². The summed E-state index contributed by atoms with van der Waals surface area (Å²) in [6.45, 7) is 2.35. The van der Waals surface area contributed by atoms with E-state index in [-0.39, 0.29) is 11.8 Å². The Bertz CT molecular complexity index is 970. The van der Waals surface area contributed by atoms with Crippen LogP contribution in [0.25, 0.3) is 0 Å². The van der Waals surface area contributed by atoms with Crippen molar-refractivity contribution in [2.45, 2.75) is 19.9 Å². The molecule has 0 fully saturated rings. The minimum Gasteiger partial charge on any atom is -0.497 e. The van der Waals surface area contributed by atoms with Gasteiger partial charge in [0.1, 0.15) is 10.8 Å². The zero-order valence-electron chi connectivity index (χ0n) is 15.6. The zero-order valence-corrected chi connectivity index (χ0v) is 16.4. The molecule has 0 aliphatic heterocycles. The van der Waals surface area contributed by atoms with Crippen LogP contribution in [-0.2, 0) is 13.0 Å². The maximum absolute atomic E-state index is 12.4. The van der Waals surface area contributed by atoms with E-state index in [1.165, 1.54) is 11.3 Å². The van der Waals surface area contributed by atoms with Crippen LogP contribution in [0.5, 0.6) is 5.75 Å². The number of nitrogens with one attached hydrogen (secondary N) is 2. The first-order valence-electron chi connectivity index (χ1n) is 8.74. The van der Waals surface area contributed by atoms with Crippen LogP contribution in [0.3, 0.4) is 0 Å². The van der Waals surface area contributed by atoms with Crippen LogP contribution in [0.4, 0.5) is 5.69 Å². The first-order valence-corrected chi connectivity index (χ1v) is 9.55. The molecule has 28 heavy (non-hydrogen) atoms. The number of nitrogens with zero attached hydrogens (tertiary/aromatic N) is 2. The number of amides is 2. The third-order valence-corrected chi connectivity index (χ3v) is 5.02. The van der Waals surface area contributed by atoms with Gasteiger partial charge in [-0.15, -0.1) is 10.2 Å². The van der Waals surface area contributed by atoms with Crippen molar-refractivity contribution in [2.75, 3.05) is 12.4 Å². The molecule has 2 N–H and O–H groups in total. The summed E-state index contributed by atoms with van der Waals surface area (Å²) in [5.41, 5.74) is 1.94. The van der Waals surface area contributed by atoms with Gasteiger partial charge in [0.15, 0.2) is 0 Å². The van der Waals surface area contributed by atoms with E-state index in [4.69, 9.17) is 4.74 Å². The summed E-state index contributed by atoms with van der Waals surface area (Å²) >= 11 is 1.26. The molecular weight excluding hydrogens is 376 g/mol. The van der Waals surface area contributed by atoms with Gasteiger partial charge >= 0.3 is 0 Å². The molecule has 2 amide bonds. The predicted octanol–water partition coefficient (Wildman–Crippen LogP) is 3.29. The fourth-order valence-electron chi connectivity index (χ4n) is 2.44. The number of benzene rings is 2. The van der Waals surface area contributed by atoms with Gasteiger partial charge in [-0.25, -0.2) is 0 Å². The Balaban J connectivity index is 1.61. The van der Waals surface area contributed by atoms with Crippen LogP contribution in [0, 0.1) is 0 Å². The first kappa shape index (κ1) is 19.5. The fourth-order valence-corrected chi connectivity index (χ4v) is 3.11. The molecule has 2 aromatic carbocycles. The molecule has 3 aromatic rings. The molecule has 144 valence electrons. The van der Waals surface area contributed by atoms with Gasteiger partial charge in [-0.2, -0.15) is 0 Å². The standard InChI is InChI=1S/C20H20N4O3S/c1-3-17-23-24-20(28-17)19(26)22-15-6-4-5-14(11-15)18(25)21-12-13-7-9-16(27-2)10-8-13/h4-11H,3,12H2,1-2H3,(H,21,25)(H,22,26). The highest BCUT2D eigenvalue weighted by molar-refractivity contribution is 7.13. The summed E-state index contributed by atoms with van der Waals surface area (Å²) in [5.74, 6) is 0.198. The summed E-state index contributed by atoms with van der Waals surface area (Å²) in [4.78, 5) is 24.7. The molecule has 7 nitrogen and oxygen atoms in total. The smallest absolute Gasteiger partial charge is 0.286 e. The second kappa shape index (κ2) is 9.09. The normalized spacial score (nSPS) is 10.4. The minimum absolute atomic E-state index is 0.226. The van der Waals surface area contributed by atoms with Crippen molar-refractivity contribution in [3.05, 3.63) is 69.7 Å². The number of methoxy groups -OCH3 is 1. The van der Waals surface area contributed by atoms with Crippen molar-refractivity contribution >= 4 is 28.8 Å². The van der Waals surface area contributed by atoms with E-state index < -0.39 is 0 Å². The van der Waals surface area contributed by atoms with E-state index in [2.05, 4.69) is 20.8 Å². The van der Waals surface area contributed by atoms with Gasteiger partial charge in [-0.05, 0) is 42.3 Å². The number of carbonyl (C=O) groups excluding carboxylic acids is 2. The highest BCUT2D eigenvalue weighted by Gasteiger charge is 2.13. The molecule has 3 rings (SSSR count). The van der Waals surface area contributed by atoms with E-state index in [0.717, 1.165) is 22.7 Å². The number of rotatable bonds is 7. The third kappa shape index (κ3) is 4.92. The summed E-state index contributed by atoms with van der Waals surface area (Å²) in [6, 6.07) is 14.2. The van der Waals surface area contributed by atoms with Crippen LogP contribution in [-0.4, -0.2) is 29.1 Å². The van der Waals surface area contributed by atoms with E-state index in [9.17, 15) is 9.59 Å². The Morgan fingerprint density at radius 1 is 1.07 bits per heavy atom. The predicted molar refractivity (Wildman–Crippen MR) is 108 cm³/mol. The SMILES string of the molecule is CCc1nnc(C(=O)Nc2cccc(C(=O)NCc3ccc(OC)cc3)c2)s1. The molecule has 0 aliphatic rings. The quantitative estimate of drug-likeness (QED) is 0.639. The van der Waals surface area contributed by atoms with Gasteiger partial charge in [0.2, 0.25) is 5.01 Å². The largest absolute Gasteiger partial charge is 0.497 e. The summed E-state index contributed by atoms with van der Waals surface area (Å²) in [7, 11) is 1.61. The number of hydrogen-bond acceptors (Lipinski definition) is 6. The average molecular weight is 396 g/mol. The Morgan fingerprint density at radius 3 is 2.54 bits per heavy atom. The molecule has 1 aromatic heterocycles. The summed E-state index contributed by atoms with van der Waals surface area (Å²) in [6.07, 6.45) is 0.731. The maximum atomic E-state index is 12.4. The summed E-state index contributed by atoms with van der Waals surface area (Å²) in [5, 5.41) is 14.5. The third-order valence-electron chi connectivity index (χ3n) is 3.96. The van der Waals surface area contributed by atoms with Crippen LogP contribution in [0.1, 0.15) is 37.7 Å². The number of anilines is 1. The van der Waals surface area contributed by atoms with Gasteiger partial charge < -0.3 is 15.4 Å². The van der Waals surface area contributed by atoms with Gasteiger partial charge in [0, 0.05) is 17.8 Å². The van der Waals surface area contributed by atoms with Gasteiger partial charge in [-0.3, -0.25) is 9.59 Å². The van der Waals surface area contributed by atoms with Crippen molar-refractivity contribution in [3.63, 3.8) is 0 Å². The molecule has 8 heteroatoms. The summed E-state index contributed by atoms with van der Waals surface area (Å²) < 4.78 is 5.12. The lowest BCUT2D eigenvalue weighted by Gasteiger charge is -2.08. The minimum atomic E-state index is -0.340. The van der Waals surface area contributed by atoms with Crippen LogP contribution in [0.15, 0.2) is 48.5 Å². The molecule has 0 atom stereocenters. The molecular formula is C20H20N4O3S.